The van der Waals surface area contributed by atoms with Crippen molar-refractivity contribution in [2.75, 3.05) is 53.3 Å². The van der Waals surface area contributed by atoms with E-state index >= 15 is 0 Å². The number of carbonyl (C=O) groups excluding carboxylic acids is 2. The smallest absolute Gasteiger partial charge is 0.411 e. The third-order valence-electron chi connectivity index (χ3n) is 9.40. The first-order valence-corrected chi connectivity index (χ1v) is 20.9. The number of fused-ring (bicyclic) bond motifs is 2. The Bertz CT molecular complexity index is 2020. The minimum absolute atomic E-state index is 0.230. The van der Waals surface area contributed by atoms with E-state index in [0.29, 0.717) is 37.3 Å². The number of carbonyl (C=O) groups is 2. The van der Waals surface area contributed by atoms with Crippen molar-refractivity contribution in [1.29, 1.82) is 0 Å². The van der Waals surface area contributed by atoms with Gasteiger partial charge in [0.1, 0.15) is 6.54 Å². The molecule has 4 rings (SSSR count). The summed E-state index contributed by atoms with van der Waals surface area (Å²) in [5.41, 5.74) is 5.61. The van der Waals surface area contributed by atoms with Crippen LogP contribution in [0.25, 0.3) is 0 Å². The lowest BCUT2D eigenvalue weighted by atomic mass is 9.81. The van der Waals surface area contributed by atoms with Crippen molar-refractivity contribution in [3.8, 4) is 0 Å². The van der Waals surface area contributed by atoms with Crippen molar-refractivity contribution in [2.24, 2.45) is 0 Å². The fourth-order valence-corrected chi connectivity index (χ4v) is 8.04. The van der Waals surface area contributed by atoms with Crippen LogP contribution in [0.4, 0.5) is 32.3 Å². The molecule has 290 valence electrons. The summed E-state index contributed by atoms with van der Waals surface area (Å²) in [6.45, 7) is 13.1. The molecular formula is C37H51N4O10S2+. The van der Waals surface area contributed by atoms with Gasteiger partial charge in [-0.05, 0) is 88.9 Å². The topological polar surface area (TPSA) is 192 Å². The van der Waals surface area contributed by atoms with E-state index in [0.717, 1.165) is 33.9 Å². The average molecular weight is 776 g/mol. The second-order valence-electron chi connectivity index (χ2n) is 14.0. The molecule has 0 aliphatic carbocycles. The van der Waals surface area contributed by atoms with Gasteiger partial charge in [0, 0.05) is 58.8 Å². The molecule has 2 aliphatic rings. The van der Waals surface area contributed by atoms with E-state index in [1.165, 1.54) is 0 Å². The van der Waals surface area contributed by atoms with E-state index in [1.807, 2.05) is 42.5 Å². The van der Waals surface area contributed by atoms with Crippen molar-refractivity contribution in [2.45, 2.75) is 78.1 Å². The Morgan fingerprint density at radius 1 is 0.792 bits per heavy atom. The highest BCUT2D eigenvalue weighted by Crippen LogP contribution is 2.49. The maximum Gasteiger partial charge on any atom is 0.411 e. The standard InChI is InChI=1S/C37H50N4O10S2/c1-7-50-34(42)38-26-16-18-30-28(24-26)36(3,4)32(40(30)20-9-11-22-52(44,45)46)14-13-15-33-37(5,6)29-25-27(39-35(43)51-8-2)17-19-31(29)41(33)21-10-12-23-53(47,48)49/h13-19,24-25H,7-12,20-23H2,1-6H3,(H3-,38,39,42,43,44,45,46,47,48,49)/p+1. The predicted octanol–water partition coefficient (Wildman–Crippen LogP) is 6.77. The fourth-order valence-electron chi connectivity index (χ4n) is 6.90. The summed E-state index contributed by atoms with van der Waals surface area (Å²) in [5, 5.41) is 5.54. The maximum absolute atomic E-state index is 12.2. The second-order valence-corrected chi connectivity index (χ2v) is 17.1. The van der Waals surface area contributed by atoms with Gasteiger partial charge in [-0.25, -0.2) is 9.59 Å². The van der Waals surface area contributed by atoms with E-state index < -0.39 is 43.3 Å². The summed E-state index contributed by atoms with van der Waals surface area (Å²) in [6, 6.07) is 11.2. The van der Waals surface area contributed by atoms with Gasteiger partial charge in [-0.15, -0.1) is 0 Å². The first kappa shape index (κ1) is 41.5. The summed E-state index contributed by atoms with van der Waals surface area (Å²) >= 11 is 0. The third kappa shape index (κ3) is 10.5. The molecule has 16 heteroatoms. The molecule has 0 saturated carbocycles. The molecule has 0 saturated heterocycles. The number of hydrogen-bond donors (Lipinski definition) is 4. The van der Waals surface area contributed by atoms with E-state index in [9.17, 15) is 35.5 Å². The number of amides is 2. The van der Waals surface area contributed by atoms with Gasteiger partial charge in [-0.2, -0.15) is 21.4 Å². The maximum atomic E-state index is 12.2. The zero-order valence-corrected chi connectivity index (χ0v) is 32.8. The number of nitrogens with zero attached hydrogens (tertiary/aromatic N) is 2. The number of rotatable bonds is 16. The number of anilines is 3. The first-order chi connectivity index (χ1) is 24.8. The van der Waals surface area contributed by atoms with Crippen molar-refractivity contribution < 1.29 is 49.6 Å². The van der Waals surface area contributed by atoms with Gasteiger partial charge in [0.05, 0.1) is 30.1 Å². The highest BCUT2D eigenvalue weighted by Gasteiger charge is 2.45. The van der Waals surface area contributed by atoms with Crippen molar-refractivity contribution in [1.82, 2.24) is 0 Å². The van der Waals surface area contributed by atoms with Gasteiger partial charge in [-0.1, -0.05) is 19.9 Å². The molecule has 53 heavy (non-hydrogen) atoms. The molecule has 0 fully saturated rings. The van der Waals surface area contributed by atoms with E-state index in [4.69, 9.17) is 9.47 Å². The minimum Gasteiger partial charge on any atom is -0.450 e. The van der Waals surface area contributed by atoms with E-state index in [2.05, 4.69) is 47.8 Å². The second kappa shape index (κ2) is 16.8. The molecule has 0 radical (unpaired) electrons. The van der Waals surface area contributed by atoms with Crippen LogP contribution < -0.4 is 15.5 Å². The number of unbranched alkanes of at least 4 members (excludes halogenated alkanes) is 2. The Labute approximate surface area is 312 Å². The average Bonchev–Trinajstić information content (AvgIpc) is 3.38. The van der Waals surface area contributed by atoms with Gasteiger partial charge < -0.3 is 14.4 Å². The number of ether oxygens (including phenoxy) is 2. The van der Waals surface area contributed by atoms with Crippen LogP contribution in [0, 0.1) is 0 Å². The predicted molar refractivity (Wildman–Crippen MR) is 206 cm³/mol. The molecule has 0 spiro atoms. The summed E-state index contributed by atoms with van der Waals surface area (Å²) < 4.78 is 76.5. The van der Waals surface area contributed by atoms with Crippen LogP contribution >= 0.6 is 0 Å². The largest absolute Gasteiger partial charge is 0.450 e. The Balaban J connectivity index is 1.73. The van der Waals surface area contributed by atoms with Gasteiger partial charge in [0.15, 0.2) is 5.71 Å². The van der Waals surface area contributed by atoms with Crippen LogP contribution in [-0.4, -0.2) is 86.2 Å². The molecule has 2 aliphatic heterocycles. The number of hydrogen-bond acceptors (Lipinski definition) is 9. The summed E-state index contributed by atoms with van der Waals surface area (Å²) in [7, 11) is -8.20. The SMILES string of the molecule is CCOC(=O)Nc1ccc2c(c1)C(C)(C)C(C=C/C=C1/N(CCCCS(=O)(=O)O)c3ccc(NC(=O)OCC)cc3C1(C)C)=[N+]2CCCCS(=O)(=O)O. The zero-order chi connectivity index (χ0) is 39.2. The van der Waals surface area contributed by atoms with Crippen LogP contribution in [0.2, 0.25) is 0 Å². The van der Waals surface area contributed by atoms with Crippen LogP contribution in [0.1, 0.15) is 78.4 Å². The molecule has 2 heterocycles. The summed E-state index contributed by atoms with van der Waals surface area (Å²) in [6.07, 6.45) is 6.35. The molecule has 0 unspecified atom stereocenters. The third-order valence-corrected chi connectivity index (χ3v) is 11.0. The van der Waals surface area contributed by atoms with Crippen molar-refractivity contribution in [3.63, 3.8) is 0 Å². The number of nitrogens with one attached hydrogen (secondary N) is 2. The van der Waals surface area contributed by atoms with Crippen molar-refractivity contribution >= 4 is 60.9 Å². The van der Waals surface area contributed by atoms with Gasteiger partial charge >= 0.3 is 12.2 Å². The van der Waals surface area contributed by atoms with Gasteiger partial charge in [-0.3, -0.25) is 19.7 Å². The Hall–Kier alpha value is -4.25. The van der Waals surface area contributed by atoms with E-state index in [-0.39, 0.29) is 37.6 Å². The van der Waals surface area contributed by atoms with E-state index in [1.54, 1.807) is 26.0 Å². The molecule has 14 nitrogen and oxygen atoms in total. The van der Waals surface area contributed by atoms with Crippen LogP contribution in [0.5, 0.6) is 0 Å². The number of allylic oxidation sites excluding steroid dienone is 4. The first-order valence-electron chi connectivity index (χ1n) is 17.7. The fraction of sp³-hybridized carbons (Fsp3) is 0.486. The zero-order valence-electron chi connectivity index (χ0n) is 31.1. The highest BCUT2D eigenvalue weighted by molar-refractivity contribution is 7.86. The summed E-state index contributed by atoms with van der Waals surface area (Å²) in [4.78, 5) is 26.5. The molecule has 2 amide bonds. The van der Waals surface area contributed by atoms with Crippen molar-refractivity contribution in [3.05, 3.63) is 71.5 Å². The molecule has 0 bridgehead atoms. The Kier molecular flexibility index (Phi) is 13.2. The molecular weight excluding hydrogens is 725 g/mol. The van der Waals surface area contributed by atoms with Crippen LogP contribution in [0.15, 0.2) is 60.3 Å². The quantitative estimate of drug-likeness (QED) is 0.0799. The molecule has 4 N–H and O–H groups in total. The normalized spacial score (nSPS) is 16.9. The lowest BCUT2D eigenvalue weighted by Gasteiger charge is -2.27. The van der Waals surface area contributed by atoms with Gasteiger partial charge in [0.2, 0.25) is 5.69 Å². The Morgan fingerprint density at radius 2 is 1.34 bits per heavy atom. The Morgan fingerprint density at radius 3 is 1.91 bits per heavy atom. The summed E-state index contributed by atoms with van der Waals surface area (Å²) in [5.74, 6) is -0.688. The molecule has 0 aromatic heterocycles. The molecule has 2 aromatic carbocycles. The lowest BCUT2D eigenvalue weighted by molar-refractivity contribution is -0.438. The monoisotopic (exact) mass is 775 g/mol. The minimum atomic E-state index is -4.10. The number of benzene rings is 2. The van der Waals surface area contributed by atoms with Crippen LogP contribution in [-0.2, 0) is 40.5 Å². The lowest BCUT2D eigenvalue weighted by Crippen LogP contribution is -2.28. The van der Waals surface area contributed by atoms with Gasteiger partial charge in [0.25, 0.3) is 20.2 Å². The molecule has 2 aromatic rings. The highest BCUT2D eigenvalue weighted by atomic mass is 32.2. The molecule has 0 atom stereocenters. The van der Waals surface area contributed by atoms with Crippen LogP contribution in [0.3, 0.4) is 0 Å².